The fraction of sp³-hybridized carbons (Fsp3) is 0.357. The van der Waals surface area contributed by atoms with E-state index in [1.807, 2.05) is 28.8 Å². The van der Waals surface area contributed by atoms with E-state index in [0.717, 1.165) is 11.8 Å². The normalized spacial score (nSPS) is 17.4. The number of ether oxygens (including phenoxy) is 1. The van der Waals surface area contributed by atoms with Crippen molar-refractivity contribution in [2.45, 2.75) is 5.54 Å². The summed E-state index contributed by atoms with van der Waals surface area (Å²) in [5, 5.41) is 2.81. The quantitative estimate of drug-likeness (QED) is 0.891. The van der Waals surface area contributed by atoms with Crippen LogP contribution in [0.15, 0.2) is 36.7 Å². The number of nitrogens with zero attached hydrogens (tertiary/aromatic N) is 1. The van der Waals surface area contributed by atoms with Crippen molar-refractivity contribution in [3.05, 3.63) is 42.2 Å². The van der Waals surface area contributed by atoms with Gasteiger partial charge in [0.15, 0.2) is 0 Å². The molecule has 0 unspecified atom stereocenters. The van der Waals surface area contributed by atoms with Gasteiger partial charge in [-0.25, -0.2) is 8.42 Å². The molecule has 1 saturated heterocycles. The monoisotopic (exact) mass is 308 g/mol. The largest absolute Gasteiger partial charge is 0.376 e. The van der Waals surface area contributed by atoms with E-state index < -0.39 is 15.4 Å². The maximum Gasteiger partial charge on any atom is 0.253 e. The van der Waals surface area contributed by atoms with E-state index >= 15 is 0 Å². The van der Waals surface area contributed by atoms with Crippen LogP contribution >= 0.6 is 0 Å². The van der Waals surface area contributed by atoms with Gasteiger partial charge in [-0.1, -0.05) is 6.07 Å². The number of carbonyl (C=O) groups excluding carboxylic acids is 1. The van der Waals surface area contributed by atoms with Crippen LogP contribution in [-0.4, -0.2) is 49.5 Å². The molecule has 0 spiro atoms. The number of sulfone groups is 1. The van der Waals surface area contributed by atoms with Crippen LogP contribution in [0.2, 0.25) is 0 Å². The molecule has 1 aliphatic heterocycles. The average molecular weight is 308 g/mol. The molecule has 0 saturated carbocycles. The van der Waals surface area contributed by atoms with Crippen LogP contribution in [0.3, 0.4) is 0 Å². The molecule has 2 aromatic rings. The molecule has 1 amide bonds. The molecule has 0 aromatic carbocycles. The van der Waals surface area contributed by atoms with E-state index in [2.05, 4.69) is 5.32 Å². The van der Waals surface area contributed by atoms with Gasteiger partial charge in [-0.2, -0.15) is 0 Å². The van der Waals surface area contributed by atoms with Crippen molar-refractivity contribution >= 4 is 21.3 Å². The SMILES string of the molecule is CS(=O)(=O)CC1(NC(=O)c2cc3ccccn3c2)COC1. The van der Waals surface area contributed by atoms with Crippen molar-refractivity contribution in [2.75, 3.05) is 25.2 Å². The molecule has 1 fully saturated rings. The lowest BCUT2D eigenvalue weighted by molar-refractivity contribution is -0.0574. The van der Waals surface area contributed by atoms with Crippen LogP contribution in [-0.2, 0) is 14.6 Å². The van der Waals surface area contributed by atoms with Gasteiger partial charge in [0.2, 0.25) is 0 Å². The predicted molar refractivity (Wildman–Crippen MR) is 78.1 cm³/mol. The third-order valence-electron chi connectivity index (χ3n) is 3.44. The molecule has 0 radical (unpaired) electrons. The summed E-state index contributed by atoms with van der Waals surface area (Å²) in [6.45, 7) is 0.443. The van der Waals surface area contributed by atoms with E-state index in [-0.39, 0.29) is 24.9 Å². The highest BCUT2D eigenvalue weighted by molar-refractivity contribution is 7.90. The summed E-state index contributed by atoms with van der Waals surface area (Å²) in [5.41, 5.74) is 0.601. The van der Waals surface area contributed by atoms with Crippen molar-refractivity contribution in [1.29, 1.82) is 0 Å². The first-order valence-corrected chi connectivity index (χ1v) is 8.58. The average Bonchev–Trinajstić information content (AvgIpc) is 2.78. The van der Waals surface area contributed by atoms with Crippen molar-refractivity contribution in [2.24, 2.45) is 0 Å². The number of pyridine rings is 1. The van der Waals surface area contributed by atoms with Gasteiger partial charge in [0.1, 0.15) is 15.4 Å². The van der Waals surface area contributed by atoms with Crippen molar-refractivity contribution in [3.63, 3.8) is 0 Å². The molecular weight excluding hydrogens is 292 g/mol. The Labute approximate surface area is 122 Å². The molecule has 2 aromatic heterocycles. The zero-order valence-electron chi connectivity index (χ0n) is 11.6. The number of aromatic nitrogens is 1. The minimum atomic E-state index is -3.20. The van der Waals surface area contributed by atoms with Crippen molar-refractivity contribution in [1.82, 2.24) is 9.72 Å². The van der Waals surface area contributed by atoms with Crippen LogP contribution in [0.4, 0.5) is 0 Å². The Morgan fingerprint density at radius 2 is 2.19 bits per heavy atom. The second-order valence-corrected chi connectivity index (χ2v) is 7.70. The molecule has 1 aliphatic rings. The molecule has 6 nitrogen and oxygen atoms in total. The Morgan fingerprint density at radius 3 is 2.76 bits per heavy atom. The molecule has 3 heterocycles. The second kappa shape index (κ2) is 4.85. The first-order valence-electron chi connectivity index (χ1n) is 6.52. The third-order valence-corrected chi connectivity index (χ3v) is 4.52. The van der Waals surface area contributed by atoms with E-state index in [9.17, 15) is 13.2 Å². The lowest BCUT2D eigenvalue weighted by atomic mass is 10.00. The maximum absolute atomic E-state index is 12.3. The Morgan fingerprint density at radius 1 is 1.43 bits per heavy atom. The van der Waals surface area contributed by atoms with Crippen LogP contribution in [0, 0.1) is 0 Å². The fourth-order valence-corrected chi connectivity index (χ4v) is 3.78. The molecule has 112 valence electrons. The van der Waals surface area contributed by atoms with Crippen LogP contribution in [0.5, 0.6) is 0 Å². The molecule has 0 bridgehead atoms. The molecule has 21 heavy (non-hydrogen) atoms. The smallest absolute Gasteiger partial charge is 0.253 e. The van der Waals surface area contributed by atoms with Gasteiger partial charge in [0.25, 0.3) is 5.91 Å². The van der Waals surface area contributed by atoms with Gasteiger partial charge >= 0.3 is 0 Å². The van der Waals surface area contributed by atoms with Gasteiger partial charge in [-0.15, -0.1) is 0 Å². The predicted octanol–water partition coefficient (Wildman–Crippen LogP) is 0.483. The van der Waals surface area contributed by atoms with Gasteiger partial charge in [0.05, 0.1) is 24.5 Å². The number of fused-ring (bicyclic) bond motifs is 1. The fourth-order valence-electron chi connectivity index (χ4n) is 2.53. The zero-order valence-corrected chi connectivity index (χ0v) is 12.4. The van der Waals surface area contributed by atoms with E-state index in [1.165, 1.54) is 0 Å². The first-order chi connectivity index (χ1) is 9.87. The number of carbonyl (C=O) groups is 1. The lowest BCUT2D eigenvalue weighted by Crippen LogP contribution is -2.65. The summed E-state index contributed by atoms with van der Waals surface area (Å²) in [4.78, 5) is 12.3. The van der Waals surface area contributed by atoms with Gasteiger partial charge in [-0.3, -0.25) is 4.79 Å². The Kier molecular flexibility index (Phi) is 3.26. The summed E-state index contributed by atoms with van der Waals surface area (Å²) in [6.07, 6.45) is 4.73. The topological polar surface area (TPSA) is 76.9 Å². The highest BCUT2D eigenvalue weighted by Crippen LogP contribution is 2.20. The number of hydrogen-bond acceptors (Lipinski definition) is 4. The molecule has 7 heteroatoms. The maximum atomic E-state index is 12.3. The highest BCUT2D eigenvalue weighted by Gasteiger charge is 2.43. The summed E-state index contributed by atoms with van der Waals surface area (Å²) >= 11 is 0. The van der Waals surface area contributed by atoms with Crippen molar-refractivity contribution in [3.8, 4) is 0 Å². The van der Waals surface area contributed by atoms with Crippen LogP contribution < -0.4 is 5.32 Å². The summed E-state index contributed by atoms with van der Waals surface area (Å²) < 4.78 is 29.9. The number of hydrogen-bond donors (Lipinski definition) is 1. The Bertz CT molecular complexity index is 757. The summed E-state index contributed by atoms with van der Waals surface area (Å²) in [7, 11) is -3.20. The Balaban J connectivity index is 1.81. The standard InChI is InChI=1S/C14H16N2O4S/c1-21(18,19)10-14(8-20-9-14)15-13(17)11-6-12-4-2-3-5-16(12)7-11/h2-7H,8-10H2,1H3,(H,15,17). The summed E-state index contributed by atoms with van der Waals surface area (Å²) in [6, 6.07) is 7.43. The van der Waals surface area contributed by atoms with E-state index in [0.29, 0.717) is 5.56 Å². The third kappa shape index (κ3) is 2.93. The van der Waals surface area contributed by atoms with E-state index in [1.54, 1.807) is 12.3 Å². The molecule has 0 aliphatic carbocycles. The molecule has 1 N–H and O–H groups in total. The number of rotatable bonds is 4. The van der Waals surface area contributed by atoms with Crippen LogP contribution in [0.1, 0.15) is 10.4 Å². The van der Waals surface area contributed by atoms with Gasteiger partial charge in [-0.05, 0) is 18.2 Å². The molecule has 0 atom stereocenters. The minimum Gasteiger partial charge on any atom is -0.376 e. The second-order valence-electron chi connectivity index (χ2n) is 5.56. The van der Waals surface area contributed by atoms with Gasteiger partial charge in [0, 0.05) is 24.2 Å². The van der Waals surface area contributed by atoms with Crippen LogP contribution in [0.25, 0.3) is 5.52 Å². The number of amides is 1. The minimum absolute atomic E-state index is 0.112. The van der Waals surface area contributed by atoms with Gasteiger partial charge < -0.3 is 14.5 Å². The molecule has 3 rings (SSSR count). The first kappa shape index (κ1) is 14.1. The summed E-state index contributed by atoms with van der Waals surface area (Å²) in [5.74, 6) is -0.398. The number of nitrogens with one attached hydrogen (secondary N) is 1. The molecular formula is C14H16N2O4S. The Hall–Kier alpha value is -1.86. The zero-order chi connectivity index (χ0) is 15.1. The van der Waals surface area contributed by atoms with Crippen molar-refractivity contribution < 1.29 is 17.9 Å². The highest BCUT2D eigenvalue weighted by atomic mass is 32.2. The van der Waals surface area contributed by atoms with E-state index in [4.69, 9.17) is 4.74 Å². The lowest BCUT2D eigenvalue weighted by Gasteiger charge is -2.41.